The minimum atomic E-state index is -3.72. The van der Waals surface area contributed by atoms with Gasteiger partial charge in [-0.3, -0.25) is 19.4 Å². The molecule has 2 N–H and O–H groups in total. The molecule has 1 heterocycles. The normalized spacial score (nSPS) is 13.9. The molecule has 2 aromatic rings. The Morgan fingerprint density at radius 2 is 1.93 bits per heavy atom. The first-order chi connectivity index (χ1) is 14.5. The predicted molar refractivity (Wildman–Crippen MR) is 119 cm³/mol. The number of hydrogen-bond donors (Lipinski definition) is 2. The number of amidine groups is 1. The number of hydrogen-bond acceptors (Lipinski definition) is 5. The molecule has 0 aromatic heterocycles. The van der Waals surface area contributed by atoms with E-state index in [-0.39, 0.29) is 17.3 Å². The number of sulfonamides is 1. The van der Waals surface area contributed by atoms with E-state index in [1.54, 1.807) is 12.1 Å². The van der Waals surface area contributed by atoms with Crippen molar-refractivity contribution in [2.24, 2.45) is 4.99 Å². The molecule has 0 saturated heterocycles. The lowest BCUT2D eigenvalue weighted by atomic mass is 10.2. The van der Waals surface area contributed by atoms with Crippen molar-refractivity contribution in [3.05, 3.63) is 60.2 Å². The van der Waals surface area contributed by atoms with Gasteiger partial charge in [-0.05, 0) is 43.1 Å². The molecule has 0 atom stereocenters. The van der Waals surface area contributed by atoms with Crippen LogP contribution in [0.5, 0.6) is 0 Å². The highest BCUT2D eigenvalue weighted by molar-refractivity contribution is 7.90. The largest absolute Gasteiger partial charge is 0.325 e. The van der Waals surface area contributed by atoms with E-state index >= 15 is 0 Å². The number of amides is 1. The van der Waals surface area contributed by atoms with Crippen LogP contribution >= 0.6 is 0 Å². The van der Waals surface area contributed by atoms with Crippen LogP contribution in [0.25, 0.3) is 0 Å². The molecule has 8 heteroatoms. The summed E-state index contributed by atoms with van der Waals surface area (Å²) < 4.78 is 27.7. The summed E-state index contributed by atoms with van der Waals surface area (Å²) in [5.74, 6) is 0.308. The highest BCUT2D eigenvalue weighted by Gasteiger charge is 2.19. The van der Waals surface area contributed by atoms with E-state index in [4.69, 9.17) is 0 Å². The van der Waals surface area contributed by atoms with Gasteiger partial charge in [0, 0.05) is 25.2 Å². The SMILES string of the molecule is CCCN(CC(=O)Nc1cccc(S(=O)(=O)NC2=NCCC2)c1)Cc1ccccc1. The molecule has 0 unspecified atom stereocenters. The van der Waals surface area contributed by atoms with Crippen molar-refractivity contribution < 1.29 is 13.2 Å². The molecule has 3 rings (SSSR count). The van der Waals surface area contributed by atoms with Crippen LogP contribution in [-0.4, -0.2) is 44.7 Å². The Hall–Kier alpha value is -2.71. The first-order valence-corrected chi connectivity index (χ1v) is 11.7. The molecule has 1 aliphatic rings. The number of rotatable bonds is 9. The maximum absolute atomic E-state index is 12.6. The minimum absolute atomic E-state index is 0.101. The van der Waals surface area contributed by atoms with Crippen LogP contribution in [0.15, 0.2) is 64.5 Å². The van der Waals surface area contributed by atoms with Crippen LogP contribution in [0.3, 0.4) is 0 Å². The van der Waals surface area contributed by atoms with Gasteiger partial charge in [-0.1, -0.05) is 43.3 Å². The van der Waals surface area contributed by atoms with Gasteiger partial charge >= 0.3 is 0 Å². The van der Waals surface area contributed by atoms with Gasteiger partial charge in [-0.15, -0.1) is 0 Å². The maximum atomic E-state index is 12.6. The zero-order chi connectivity index (χ0) is 21.4. The highest BCUT2D eigenvalue weighted by atomic mass is 32.2. The fraction of sp³-hybridized carbons (Fsp3) is 0.364. The van der Waals surface area contributed by atoms with Crippen molar-refractivity contribution in [1.29, 1.82) is 0 Å². The van der Waals surface area contributed by atoms with E-state index in [0.29, 0.717) is 31.0 Å². The molecule has 7 nitrogen and oxygen atoms in total. The fourth-order valence-corrected chi connectivity index (χ4v) is 4.49. The Kier molecular flexibility index (Phi) is 7.59. The van der Waals surface area contributed by atoms with Crippen molar-refractivity contribution in [2.75, 3.05) is 25.0 Å². The van der Waals surface area contributed by atoms with Crippen LogP contribution in [0.1, 0.15) is 31.7 Å². The number of nitrogens with one attached hydrogen (secondary N) is 2. The summed E-state index contributed by atoms with van der Waals surface area (Å²) in [4.78, 5) is 18.9. The lowest BCUT2D eigenvalue weighted by Crippen LogP contribution is -2.33. The number of benzene rings is 2. The number of aliphatic imine (C=N–C) groups is 1. The van der Waals surface area contributed by atoms with E-state index in [0.717, 1.165) is 24.9 Å². The van der Waals surface area contributed by atoms with Crippen LogP contribution in [0.4, 0.5) is 5.69 Å². The molecule has 1 aliphatic heterocycles. The molecule has 30 heavy (non-hydrogen) atoms. The fourth-order valence-electron chi connectivity index (χ4n) is 3.35. The summed E-state index contributed by atoms with van der Waals surface area (Å²) in [6.45, 7) is 4.43. The lowest BCUT2D eigenvalue weighted by molar-refractivity contribution is -0.117. The highest BCUT2D eigenvalue weighted by Crippen LogP contribution is 2.17. The van der Waals surface area contributed by atoms with Gasteiger partial charge < -0.3 is 5.32 Å². The van der Waals surface area contributed by atoms with E-state index < -0.39 is 10.0 Å². The Labute approximate surface area is 178 Å². The molecule has 0 radical (unpaired) electrons. The number of anilines is 1. The Morgan fingerprint density at radius 3 is 2.63 bits per heavy atom. The second-order valence-electron chi connectivity index (χ2n) is 7.31. The third kappa shape index (κ3) is 6.40. The van der Waals surface area contributed by atoms with E-state index in [9.17, 15) is 13.2 Å². The van der Waals surface area contributed by atoms with Gasteiger partial charge in [0.15, 0.2) is 0 Å². The Bertz CT molecular complexity index is 990. The monoisotopic (exact) mass is 428 g/mol. The standard InChI is InChI=1S/C22H28N4O3S/c1-2-14-26(16-18-8-4-3-5-9-18)17-22(27)24-19-10-6-11-20(15-19)30(28,29)25-21-12-7-13-23-21/h3-6,8-11,15H,2,7,12-14,16-17H2,1H3,(H,23,25)(H,24,27). The van der Waals surface area contributed by atoms with Gasteiger partial charge in [0.05, 0.1) is 11.4 Å². The van der Waals surface area contributed by atoms with Crippen LogP contribution in [0.2, 0.25) is 0 Å². The second-order valence-corrected chi connectivity index (χ2v) is 8.99. The maximum Gasteiger partial charge on any atom is 0.262 e. The molecule has 1 amide bonds. The van der Waals surface area contributed by atoms with Gasteiger partial charge in [-0.2, -0.15) is 0 Å². The average Bonchev–Trinajstić information content (AvgIpc) is 3.21. The number of nitrogens with zero attached hydrogens (tertiary/aromatic N) is 2. The number of carbonyl (C=O) groups excluding carboxylic acids is 1. The van der Waals surface area contributed by atoms with Crippen molar-refractivity contribution >= 4 is 27.5 Å². The summed E-state index contributed by atoms with van der Waals surface area (Å²) >= 11 is 0. The van der Waals surface area contributed by atoms with Crippen LogP contribution in [-0.2, 0) is 21.4 Å². The minimum Gasteiger partial charge on any atom is -0.325 e. The molecule has 0 saturated carbocycles. The Balaban J connectivity index is 1.63. The lowest BCUT2D eigenvalue weighted by Gasteiger charge is -2.21. The molecule has 0 aliphatic carbocycles. The van der Waals surface area contributed by atoms with Gasteiger partial charge in [-0.25, -0.2) is 8.42 Å². The summed E-state index contributed by atoms with van der Waals surface area (Å²) in [6.07, 6.45) is 2.42. The van der Waals surface area contributed by atoms with Gasteiger partial charge in [0.25, 0.3) is 10.0 Å². The first-order valence-electron chi connectivity index (χ1n) is 10.2. The van der Waals surface area contributed by atoms with Crippen molar-refractivity contribution in [1.82, 2.24) is 9.62 Å². The zero-order valence-electron chi connectivity index (χ0n) is 17.2. The molecular formula is C22H28N4O3S. The second kappa shape index (κ2) is 10.4. The summed E-state index contributed by atoms with van der Waals surface area (Å²) in [6, 6.07) is 16.3. The molecule has 0 spiro atoms. The van der Waals surface area contributed by atoms with Crippen LogP contribution < -0.4 is 10.0 Å². The average molecular weight is 429 g/mol. The first kappa shape index (κ1) is 22.0. The quantitative estimate of drug-likeness (QED) is 0.642. The smallest absolute Gasteiger partial charge is 0.262 e. The van der Waals surface area contributed by atoms with Gasteiger partial charge in [0.1, 0.15) is 5.84 Å². The molecule has 0 fully saturated rings. The molecule has 2 aromatic carbocycles. The van der Waals surface area contributed by atoms with Crippen molar-refractivity contribution in [2.45, 2.75) is 37.6 Å². The van der Waals surface area contributed by atoms with E-state index in [2.05, 4.69) is 26.9 Å². The van der Waals surface area contributed by atoms with E-state index in [1.807, 2.05) is 30.3 Å². The molecule has 0 bridgehead atoms. The van der Waals surface area contributed by atoms with Crippen molar-refractivity contribution in [3.63, 3.8) is 0 Å². The third-order valence-corrected chi connectivity index (χ3v) is 6.09. The van der Waals surface area contributed by atoms with Crippen LogP contribution in [0, 0.1) is 0 Å². The number of carbonyl (C=O) groups is 1. The molecular weight excluding hydrogens is 400 g/mol. The van der Waals surface area contributed by atoms with E-state index in [1.165, 1.54) is 12.1 Å². The van der Waals surface area contributed by atoms with Gasteiger partial charge in [0.2, 0.25) is 5.91 Å². The topological polar surface area (TPSA) is 90.9 Å². The summed E-state index contributed by atoms with van der Waals surface area (Å²) in [5.41, 5.74) is 1.60. The molecule has 160 valence electrons. The zero-order valence-corrected chi connectivity index (χ0v) is 18.0. The van der Waals surface area contributed by atoms with Crippen molar-refractivity contribution in [3.8, 4) is 0 Å². The third-order valence-electron chi connectivity index (χ3n) is 4.71. The summed E-state index contributed by atoms with van der Waals surface area (Å²) in [5, 5.41) is 2.82. The Morgan fingerprint density at radius 1 is 1.13 bits per heavy atom. The predicted octanol–water partition coefficient (Wildman–Crippen LogP) is 3.01. The summed E-state index contributed by atoms with van der Waals surface area (Å²) in [7, 11) is -3.72.